The molecule has 4 heteroatoms. The lowest BCUT2D eigenvalue weighted by Crippen LogP contribution is -2.35. The van der Waals surface area contributed by atoms with Crippen molar-refractivity contribution in [2.24, 2.45) is 11.7 Å². The number of rotatable bonds is 4. The summed E-state index contributed by atoms with van der Waals surface area (Å²) in [5.74, 6) is 0.944. The molecule has 0 radical (unpaired) electrons. The Morgan fingerprint density at radius 2 is 2.11 bits per heavy atom. The van der Waals surface area contributed by atoms with Gasteiger partial charge in [0.05, 0.1) is 0 Å². The van der Waals surface area contributed by atoms with Gasteiger partial charge in [-0.05, 0) is 43.7 Å². The highest BCUT2D eigenvalue weighted by molar-refractivity contribution is 5.93. The second-order valence-corrected chi connectivity index (χ2v) is 5.51. The van der Waals surface area contributed by atoms with Gasteiger partial charge in [0.15, 0.2) is 0 Å². The van der Waals surface area contributed by atoms with Crippen LogP contribution in [0.25, 0.3) is 0 Å². The van der Waals surface area contributed by atoms with E-state index in [4.69, 9.17) is 11.1 Å². The molecular formula is C15H24N4. The van der Waals surface area contributed by atoms with Crippen molar-refractivity contribution in [3.63, 3.8) is 0 Å². The minimum atomic E-state index is 0.0324. The van der Waals surface area contributed by atoms with Gasteiger partial charge in [-0.2, -0.15) is 0 Å². The van der Waals surface area contributed by atoms with Crippen molar-refractivity contribution in [2.45, 2.75) is 45.1 Å². The molecule has 0 aromatic carbocycles. The molecular weight excluding hydrogens is 236 g/mol. The van der Waals surface area contributed by atoms with E-state index >= 15 is 0 Å². The highest BCUT2D eigenvalue weighted by atomic mass is 15.1. The molecule has 19 heavy (non-hydrogen) atoms. The van der Waals surface area contributed by atoms with Crippen molar-refractivity contribution in [1.82, 2.24) is 4.98 Å². The number of nitrogens with two attached hydrogens (primary N) is 1. The van der Waals surface area contributed by atoms with Gasteiger partial charge in [0.2, 0.25) is 0 Å². The van der Waals surface area contributed by atoms with Crippen LogP contribution in [0, 0.1) is 11.3 Å². The van der Waals surface area contributed by atoms with Gasteiger partial charge >= 0.3 is 0 Å². The first-order chi connectivity index (χ1) is 9.11. The summed E-state index contributed by atoms with van der Waals surface area (Å²) in [6.07, 6.45) is 8.21. The Morgan fingerprint density at radius 1 is 1.42 bits per heavy atom. The normalized spacial score (nSPS) is 23.1. The first kappa shape index (κ1) is 13.8. The first-order valence-electron chi connectivity index (χ1n) is 7.15. The Bertz CT molecular complexity index is 436. The average Bonchev–Trinajstić information content (AvgIpc) is 2.46. The highest BCUT2D eigenvalue weighted by Gasteiger charge is 2.23. The lowest BCUT2D eigenvalue weighted by Gasteiger charge is -2.35. The predicted molar refractivity (Wildman–Crippen MR) is 79.7 cm³/mol. The summed E-state index contributed by atoms with van der Waals surface area (Å²) in [6.45, 7) is 2.29. The molecule has 1 aromatic rings. The summed E-state index contributed by atoms with van der Waals surface area (Å²) in [5.41, 5.74) is 7.17. The molecule has 0 amide bonds. The van der Waals surface area contributed by atoms with Crippen molar-refractivity contribution < 1.29 is 0 Å². The van der Waals surface area contributed by atoms with Crippen LogP contribution in [-0.2, 0) is 0 Å². The minimum Gasteiger partial charge on any atom is -0.382 e. The van der Waals surface area contributed by atoms with Gasteiger partial charge in [0.25, 0.3) is 0 Å². The summed E-state index contributed by atoms with van der Waals surface area (Å²) in [5, 5.41) is 7.47. The van der Waals surface area contributed by atoms with E-state index < -0.39 is 0 Å². The molecule has 0 saturated heterocycles. The number of aromatic nitrogens is 1. The fourth-order valence-electron chi connectivity index (χ4n) is 2.94. The summed E-state index contributed by atoms with van der Waals surface area (Å²) in [7, 11) is 2.14. The number of amidine groups is 1. The van der Waals surface area contributed by atoms with Crippen LogP contribution >= 0.6 is 0 Å². The van der Waals surface area contributed by atoms with E-state index in [2.05, 4.69) is 23.9 Å². The van der Waals surface area contributed by atoms with Crippen LogP contribution in [0.1, 0.15) is 44.7 Å². The van der Waals surface area contributed by atoms with Gasteiger partial charge in [-0.25, -0.2) is 0 Å². The fourth-order valence-corrected chi connectivity index (χ4v) is 2.94. The topological polar surface area (TPSA) is 66.0 Å². The maximum atomic E-state index is 7.47. The van der Waals surface area contributed by atoms with Crippen LogP contribution < -0.4 is 10.6 Å². The number of hydrogen-bond donors (Lipinski definition) is 2. The van der Waals surface area contributed by atoms with Gasteiger partial charge in [-0.1, -0.05) is 13.3 Å². The molecule has 1 aliphatic rings. The number of nitrogens with one attached hydrogen (secondary N) is 1. The van der Waals surface area contributed by atoms with E-state index in [1.807, 2.05) is 12.1 Å². The van der Waals surface area contributed by atoms with Crippen molar-refractivity contribution in [3.05, 3.63) is 24.0 Å². The molecule has 3 N–H and O–H groups in total. The third kappa shape index (κ3) is 3.25. The third-order valence-corrected chi connectivity index (χ3v) is 4.37. The third-order valence-electron chi connectivity index (χ3n) is 4.37. The van der Waals surface area contributed by atoms with Crippen LogP contribution in [0.3, 0.4) is 0 Å². The van der Waals surface area contributed by atoms with Crippen LogP contribution in [0.2, 0.25) is 0 Å². The Balaban J connectivity index is 2.05. The van der Waals surface area contributed by atoms with Gasteiger partial charge in [0, 0.05) is 25.0 Å². The highest BCUT2D eigenvalue weighted by Crippen LogP contribution is 2.31. The van der Waals surface area contributed by atoms with Crippen LogP contribution in [0.5, 0.6) is 0 Å². The molecule has 0 unspecified atom stereocenters. The summed E-state index contributed by atoms with van der Waals surface area (Å²) in [6, 6.07) is 4.51. The smallest absolute Gasteiger partial charge is 0.141 e. The van der Waals surface area contributed by atoms with E-state index in [0.29, 0.717) is 11.7 Å². The van der Waals surface area contributed by atoms with Gasteiger partial charge in [-0.3, -0.25) is 10.4 Å². The molecule has 1 fully saturated rings. The Labute approximate surface area is 115 Å². The molecule has 1 saturated carbocycles. The minimum absolute atomic E-state index is 0.0324. The Morgan fingerprint density at radius 3 is 2.68 bits per heavy atom. The lowest BCUT2D eigenvalue weighted by atomic mass is 9.84. The molecule has 0 atom stereocenters. The number of nitrogen functional groups attached to an aromatic ring is 1. The molecule has 0 spiro atoms. The number of anilines is 1. The zero-order valence-corrected chi connectivity index (χ0v) is 11.9. The molecule has 0 aliphatic heterocycles. The van der Waals surface area contributed by atoms with E-state index in [9.17, 15) is 0 Å². The Hall–Kier alpha value is -1.58. The largest absolute Gasteiger partial charge is 0.382 e. The molecule has 2 rings (SSSR count). The molecule has 0 bridgehead atoms. The van der Waals surface area contributed by atoms with E-state index in [0.717, 1.165) is 11.6 Å². The number of pyridine rings is 1. The van der Waals surface area contributed by atoms with E-state index in [1.165, 1.54) is 32.1 Å². The monoisotopic (exact) mass is 260 g/mol. The Kier molecular flexibility index (Phi) is 4.40. The summed E-state index contributed by atoms with van der Waals surface area (Å²) >= 11 is 0. The van der Waals surface area contributed by atoms with Gasteiger partial charge in [-0.15, -0.1) is 0 Å². The van der Waals surface area contributed by atoms with Crippen molar-refractivity contribution in [2.75, 3.05) is 11.9 Å². The SMILES string of the molecule is CCC1CCC(N(C)c2ccnc(C(=N)N)c2)CC1. The standard InChI is InChI=1S/C15H24N4/c1-3-11-4-6-12(7-5-11)19(2)13-8-9-18-14(10-13)15(16)17/h8-12H,3-7H2,1-2H3,(H3,16,17). The van der Waals surface area contributed by atoms with E-state index in [-0.39, 0.29) is 5.84 Å². The quantitative estimate of drug-likeness (QED) is 0.646. The van der Waals surface area contributed by atoms with E-state index in [1.54, 1.807) is 6.20 Å². The zero-order chi connectivity index (χ0) is 13.8. The van der Waals surface area contributed by atoms with Gasteiger partial charge < -0.3 is 10.6 Å². The van der Waals surface area contributed by atoms with Crippen molar-refractivity contribution >= 4 is 11.5 Å². The first-order valence-corrected chi connectivity index (χ1v) is 7.15. The fraction of sp³-hybridized carbons (Fsp3) is 0.600. The average molecular weight is 260 g/mol. The summed E-state index contributed by atoms with van der Waals surface area (Å²) < 4.78 is 0. The molecule has 4 nitrogen and oxygen atoms in total. The van der Waals surface area contributed by atoms with Crippen LogP contribution in [-0.4, -0.2) is 23.9 Å². The predicted octanol–water partition coefficient (Wildman–Crippen LogP) is 2.77. The zero-order valence-electron chi connectivity index (χ0n) is 11.9. The number of nitrogens with zero attached hydrogens (tertiary/aromatic N) is 2. The number of hydrogen-bond acceptors (Lipinski definition) is 3. The van der Waals surface area contributed by atoms with Gasteiger partial charge in [0.1, 0.15) is 11.5 Å². The second kappa shape index (κ2) is 6.04. The lowest BCUT2D eigenvalue weighted by molar-refractivity contribution is 0.313. The molecule has 1 aliphatic carbocycles. The van der Waals surface area contributed by atoms with Crippen LogP contribution in [0.4, 0.5) is 5.69 Å². The molecule has 1 heterocycles. The maximum Gasteiger partial charge on any atom is 0.141 e. The van der Waals surface area contributed by atoms with Crippen molar-refractivity contribution in [1.29, 1.82) is 5.41 Å². The second-order valence-electron chi connectivity index (χ2n) is 5.51. The van der Waals surface area contributed by atoms with Crippen LogP contribution in [0.15, 0.2) is 18.3 Å². The summed E-state index contributed by atoms with van der Waals surface area (Å²) in [4.78, 5) is 6.43. The van der Waals surface area contributed by atoms with Crippen molar-refractivity contribution in [3.8, 4) is 0 Å². The molecule has 1 aromatic heterocycles. The maximum absolute atomic E-state index is 7.47. The molecule has 104 valence electrons.